The molecule has 0 aliphatic rings. The molecule has 2 aromatic rings. The summed E-state index contributed by atoms with van der Waals surface area (Å²) in [7, 11) is 0. The second-order valence-corrected chi connectivity index (χ2v) is 3.79. The summed E-state index contributed by atoms with van der Waals surface area (Å²) in [5, 5.41) is 14.8. The minimum Gasteiger partial charge on any atom is -0.382 e. The summed E-state index contributed by atoms with van der Waals surface area (Å²) in [6.45, 7) is -0.0728. The Labute approximate surface area is 108 Å². The number of rotatable bonds is 3. The molecule has 3 N–H and O–H groups in total. The summed E-state index contributed by atoms with van der Waals surface area (Å²) in [5.41, 5.74) is 5.62. The lowest BCUT2D eigenvalue weighted by Gasteiger charge is -2.06. The number of hydrogen-bond acceptors (Lipinski definition) is 4. The maximum atomic E-state index is 13.5. The van der Waals surface area contributed by atoms with Crippen LogP contribution in [0.5, 0.6) is 0 Å². The predicted molar refractivity (Wildman–Crippen MR) is 66.4 cm³/mol. The van der Waals surface area contributed by atoms with Crippen LogP contribution in [0.1, 0.15) is 5.56 Å². The van der Waals surface area contributed by atoms with Crippen molar-refractivity contribution in [3.63, 3.8) is 0 Å². The molecule has 1 aromatic carbocycles. The van der Waals surface area contributed by atoms with E-state index in [0.29, 0.717) is 5.82 Å². The van der Waals surface area contributed by atoms with Gasteiger partial charge < -0.3 is 11.1 Å². The molecule has 96 valence electrons. The summed E-state index contributed by atoms with van der Waals surface area (Å²) in [5.74, 6) is -0.795. The second-order valence-electron chi connectivity index (χ2n) is 3.79. The first-order valence-corrected chi connectivity index (χ1v) is 5.37. The minimum atomic E-state index is -0.660. The third-order valence-electron chi connectivity index (χ3n) is 2.34. The van der Waals surface area contributed by atoms with Crippen LogP contribution in [0, 0.1) is 17.1 Å². The Bertz CT molecular complexity index is 658. The fourth-order valence-electron chi connectivity index (χ4n) is 1.49. The van der Waals surface area contributed by atoms with Crippen LogP contribution in [0.4, 0.5) is 15.9 Å². The SMILES string of the molecule is N#Cc1ccc(NC(=O)Cn2ccc(N)n2)c(F)c1. The number of aromatic nitrogens is 2. The molecular formula is C12H10FN5O. The zero-order valence-electron chi connectivity index (χ0n) is 9.80. The number of amides is 1. The summed E-state index contributed by atoms with van der Waals surface area (Å²) >= 11 is 0. The largest absolute Gasteiger partial charge is 0.382 e. The van der Waals surface area contributed by atoms with Gasteiger partial charge in [0, 0.05) is 6.20 Å². The summed E-state index contributed by atoms with van der Waals surface area (Å²) in [6, 6.07) is 7.18. The second kappa shape index (κ2) is 5.18. The Hall–Kier alpha value is -2.88. The summed E-state index contributed by atoms with van der Waals surface area (Å²) in [4.78, 5) is 11.7. The van der Waals surface area contributed by atoms with E-state index in [-0.39, 0.29) is 17.8 Å². The van der Waals surface area contributed by atoms with Crippen LogP contribution >= 0.6 is 0 Å². The lowest BCUT2D eigenvalue weighted by molar-refractivity contribution is -0.116. The number of anilines is 2. The van der Waals surface area contributed by atoms with Gasteiger partial charge in [0.2, 0.25) is 5.91 Å². The van der Waals surface area contributed by atoms with E-state index in [1.807, 2.05) is 6.07 Å². The summed E-state index contributed by atoms with van der Waals surface area (Å²) in [6.07, 6.45) is 1.55. The van der Waals surface area contributed by atoms with Gasteiger partial charge in [-0.3, -0.25) is 9.48 Å². The normalized spacial score (nSPS) is 9.89. The number of benzene rings is 1. The standard InChI is InChI=1S/C12H10FN5O/c13-9-5-8(6-14)1-2-10(9)16-12(19)7-18-4-3-11(15)17-18/h1-5H,7H2,(H2,15,17)(H,16,19). The topological polar surface area (TPSA) is 96.7 Å². The van der Waals surface area contributed by atoms with Crippen molar-refractivity contribution in [3.05, 3.63) is 41.8 Å². The van der Waals surface area contributed by atoms with Gasteiger partial charge in [0.25, 0.3) is 0 Å². The summed E-state index contributed by atoms with van der Waals surface area (Å²) < 4.78 is 14.9. The smallest absolute Gasteiger partial charge is 0.246 e. The highest BCUT2D eigenvalue weighted by Crippen LogP contribution is 2.15. The average Bonchev–Trinajstić information content (AvgIpc) is 2.77. The highest BCUT2D eigenvalue weighted by molar-refractivity contribution is 5.90. The predicted octanol–water partition coefficient (Wildman–Crippen LogP) is 1.11. The van der Waals surface area contributed by atoms with E-state index in [1.165, 1.54) is 16.8 Å². The van der Waals surface area contributed by atoms with Gasteiger partial charge in [-0.2, -0.15) is 10.4 Å². The molecule has 7 heteroatoms. The van der Waals surface area contributed by atoms with Crippen molar-refractivity contribution in [2.24, 2.45) is 0 Å². The lowest BCUT2D eigenvalue weighted by atomic mass is 10.2. The van der Waals surface area contributed by atoms with Crippen molar-refractivity contribution in [1.82, 2.24) is 9.78 Å². The zero-order valence-corrected chi connectivity index (χ0v) is 9.80. The van der Waals surface area contributed by atoms with Crippen LogP contribution in [0.15, 0.2) is 30.5 Å². The first kappa shape index (κ1) is 12.6. The monoisotopic (exact) mass is 259 g/mol. The molecule has 0 spiro atoms. The number of nitrogens with one attached hydrogen (secondary N) is 1. The van der Waals surface area contributed by atoms with Crippen molar-refractivity contribution in [2.75, 3.05) is 11.1 Å². The number of nitrogens with two attached hydrogens (primary N) is 1. The zero-order chi connectivity index (χ0) is 13.8. The van der Waals surface area contributed by atoms with E-state index < -0.39 is 11.7 Å². The number of nitrogen functional groups attached to an aromatic ring is 1. The van der Waals surface area contributed by atoms with Crippen LogP contribution in [-0.2, 0) is 11.3 Å². The fraction of sp³-hybridized carbons (Fsp3) is 0.0833. The van der Waals surface area contributed by atoms with Crippen molar-refractivity contribution < 1.29 is 9.18 Å². The first-order valence-electron chi connectivity index (χ1n) is 5.37. The molecule has 2 rings (SSSR count). The number of halogens is 1. The highest BCUT2D eigenvalue weighted by Gasteiger charge is 2.09. The van der Waals surface area contributed by atoms with E-state index >= 15 is 0 Å². The number of nitriles is 1. The van der Waals surface area contributed by atoms with Gasteiger partial charge in [-0.25, -0.2) is 4.39 Å². The average molecular weight is 259 g/mol. The molecule has 0 radical (unpaired) electrons. The highest BCUT2D eigenvalue weighted by atomic mass is 19.1. The van der Waals surface area contributed by atoms with Gasteiger partial charge in [0.1, 0.15) is 18.2 Å². The van der Waals surface area contributed by atoms with Gasteiger partial charge in [0.15, 0.2) is 0 Å². The third kappa shape index (κ3) is 3.07. The number of carbonyl (C=O) groups is 1. The Morgan fingerprint density at radius 2 is 2.32 bits per heavy atom. The molecular weight excluding hydrogens is 249 g/mol. The van der Waals surface area contributed by atoms with E-state index in [9.17, 15) is 9.18 Å². The third-order valence-corrected chi connectivity index (χ3v) is 2.34. The molecule has 1 heterocycles. The van der Waals surface area contributed by atoms with Crippen LogP contribution in [-0.4, -0.2) is 15.7 Å². The number of hydrogen-bond donors (Lipinski definition) is 2. The van der Waals surface area contributed by atoms with Gasteiger partial charge in [-0.15, -0.1) is 0 Å². The van der Waals surface area contributed by atoms with Crippen LogP contribution < -0.4 is 11.1 Å². The van der Waals surface area contributed by atoms with Crippen molar-refractivity contribution in [2.45, 2.75) is 6.54 Å². The molecule has 0 atom stereocenters. The number of nitrogens with zero attached hydrogens (tertiary/aromatic N) is 3. The first-order chi connectivity index (χ1) is 9.08. The molecule has 0 saturated carbocycles. The van der Waals surface area contributed by atoms with Crippen molar-refractivity contribution >= 4 is 17.4 Å². The van der Waals surface area contributed by atoms with Crippen LogP contribution in [0.3, 0.4) is 0 Å². The van der Waals surface area contributed by atoms with Gasteiger partial charge in [-0.1, -0.05) is 0 Å². The van der Waals surface area contributed by atoms with Crippen LogP contribution in [0.2, 0.25) is 0 Å². The van der Waals surface area contributed by atoms with E-state index in [1.54, 1.807) is 12.3 Å². The Morgan fingerprint density at radius 3 is 2.89 bits per heavy atom. The molecule has 0 aliphatic heterocycles. The molecule has 0 fully saturated rings. The Morgan fingerprint density at radius 1 is 1.53 bits per heavy atom. The minimum absolute atomic E-state index is 0.0177. The van der Waals surface area contributed by atoms with Gasteiger partial charge in [0.05, 0.1) is 17.3 Å². The van der Waals surface area contributed by atoms with Gasteiger partial charge in [-0.05, 0) is 24.3 Å². The molecule has 0 bridgehead atoms. The molecule has 0 aliphatic carbocycles. The fourth-order valence-corrected chi connectivity index (χ4v) is 1.49. The van der Waals surface area contributed by atoms with Crippen molar-refractivity contribution in [3.8, 4) is 6.07 Å². The molecule has 19 heavy (non-hydrogen) atoms. The molecule has 1 aromatic heterocycles. The van der Waals surface area contributed by atoms with Gasteiger partial charge >= 0.3 is 0 Å². The molecule has 0 unspecified atom stereocenters. The maximum Gasteiger partial charge on any atom is 0.246 e. The lowest BCUT2D eigenvalue weighted by Crippen LogP contribution is -2.19. The quantitative estimate of drug-likeness (QED) is 0.862. The Balaban J connectivity index is 2.05. The van der Waals surface area contributed by atoms with E-state index in [0.717, 1.165) is 6.07 Å². The van der Waals surface area contributed by atoms with E-state index in [4.69, 9.17) is 11.0 Å². The molecule has 6 nitrogen and oxygen atoms in total. The van der Waals surface area contributed by atoms with E-state index in [2.05, 4.69) is 10.4 Å². The van der Waals surface area contributed by atoms with Crippen LogP contribution in [0.25, 0.3) is 0 Å². The molecule has 1 amide bonds. The van der Waals surface area contributed by atoms with Crippen molar-refractivity contribution in [1.29, 1.82) is 5.26 Å². The maximum absolute atomic E-state index is 13.5. The molecule has 0 saturated heterocycles. The number of carbonyl (C=O) groups excluding carboxylic acids is 1. The Kier molecular flexibility index (Phi) is 3.43.